The lowest BCUT2D eigenvalue weighted by Gasteiger charge is -2.12. The van der Waals surface area contributed by atoms with E-state index in [1.807, 2.05) is 22.6 Å². The highest BCUT2D eigenvalue weighted by atomic mass is 127. The molecule has 2 aromatic carbocycles. The second kappa shape index (κ2) is 9.53. The average molecular weight is 486 g/mol. The van der Waals surface area contributed by atoms with E-state index in [1.165, 1.54) is 32.6 Å². The Morgan fingerprint density at radius 3 is 2.44 bits per heavy atom. The summed E-state index contributed by atoms with van der Waals surface area (Å²) in [6.45, 7) is -0.664. The SMILES string of the molecule is COc1cc(C=NNC(=O)c2cc(CO)c(CO)c(OC)c2)cc(I)c1O. The third-order valence-corrected chi connectivity index (χ3v) is 4.58. The molecule has 0 aliphatic heterocycles. The van der Waals surface area contributed by atoms with E-state index in [0.717, 1.165) is 0 Å². The molecular formula is C18H19IN2O6. The molecule has 8 nitrogen and oxygen atoms in total. The second-order valence-corrected chi connectivity index (χ2v) is 6.55. The zero-order valence-corrected chi connectivity index (χ0v) is 16.9. The van der Waals surface area contributed by atoms with Crippen molar-refractivity contribution in [3.05, 3.63) is 50.1 Å². The lowest BCUT2D eigenvalue weighted by Crippen LogP contribution is -2.18. The highest BCUT2D eigenvalue weighted by Crippen LogP contribution is 2.31. The number of aliphatic hydroxyl groups is 2. The van der Waals surface area contributed by atoms with Crippen LogP contribution in [0.3, 0.4) is 0 Å². The maximum absolute atomic E-state index is 12.3. The summed E-state index contributed by atoms with van der Waals surface area (Å²) in [4.78, 5) is 12.3. The molecule has 2 aromatic rings. The van der Waals surface area contributed by atoms with Gasteiger partial charge in [0, 0.05) is 11.1 Å². The third-order valence-electron chi connectivity index (χ3n) is 3.76. The third kappa shape index (κ3) is 4.87. The minimum atomic E-state index is -0.510. The Morgan fingerprint density at radius 1 is 1.15 bits per heavy atom. The number of nitrogens with zero attached hydrogens (tertiary/aromatic N) is 1. The number of amides is 1. The number of aromatic hydroxyl groups is 1. The summed E-state index contributed by atoms with van der Waals surface area (Å²) in [5.41, 5.74) is 4.05. The summed E-state index contributed by atoms with van der Waals surface area (Å²) in [7, 11) is 2.85. The fourth-order valence-corrected chi connectivity index (χ4v) is 3.02. The normalized spacial score (nSPS) is 10.9. The van der Waals surface area contributed by atoms with Crippen molar-refractivity contribution in [2.24, 2.45) is 5.10 Å². The lowest BCUT2D eigenvalue weighted by molar-refractivity contribution is 0.0954. The molecule has 0 spiro atoms. The molecule has 9 heteroatoms. The van der Waals surface area contributed by atoms with E-state index < -0.39 is 5.91 Å². The number of carbonyl (C=O) groups is 1. The van der Waals surface area contributed by atoms with E-state index in [0.29, 0.717) is 31.8 Å². The maximum atomic E-state index is 12.3. The van der Waals surface area contributed by atoms with Crippen LogP contribution in [0.15, 0.2) is 29.4 Å². The van der Waals surface area contributed by atoms with E-state index in [9.17, 15) is 20.1 Å². The number of methoxy groups -OCH3 is 2. The number of carbonyl (C=O) groups excluding carboxylic acids is 1. The summed E-state index contributed by atoms with van der Waals surface area (Å²) >= 11 is 1.96. The first-order chi connectivity index (χ1) is 12.9. The first-order valence-corrected chi connectivity index (χ1v) is 8.84. The van der Waals surface area contributed by atoms with Crippen molar-refractivity contribution < 1.29 is 29.6 Å². The van der Waals surface area contributed by atoms with E-state index in [-0.39, 0.29) is 24.5 Å². The number of rotatable bonds is 7. The summed E-state index contributed by atoms with van der Waals surface area (Å²) in [6.07, 6.45) is 1.41. The molecule has 0 atom stereocenters. The minimum Gasteiger partial charge on any atom is -0.504 e. The second-order valence-electron chi connectivity index (χ2n) is 5.39. The van der Waals surface area contributed by atoms with Crippen LogP contribution in [-0.4, -0.2) is 41.7 Å². The number of phenolic OH excluding ortho intramolecular Hbond substituents is 1. The van der Waals surface area contributed by atoms with Gasteiger partial charge in [0.25, 0.3) is 5.91 Å². The van der Waals surface area contributed by atoms with Gasteiger partial charge in [-0.1, -0.05) is 0 Å². The van der Waals surface area contributed by atoms with Gasteiger partial charge in [-0.2, -0.15) is 5.10 Å². The molecule has 0 saturated carbocycles. The largest absolute Gasteiger partial charge is 0.504 e. The van der Waals surface area contributed by atoms with Crippen LogP contribution in [0, 0.1) is 3.57 Å². The van der Waals surface area contributed by atoms with Crippen molar-refractivity contribution in [3.8, 4) is 17.2 Å². The molecule has 0 fully saturated rings. The number of hydrogen-bond acceptors (Lipinski definition) is 7. The highest BCUT2D eigenvalue weighted by molar-refractivity contribution is 14.1. The molecule has 144 valence electrons. The predicted molar refractivity (Wildman–Crippen MR) is 107 cm³/mol. The molecule has 2 rings (SSSR count). The van der Waals surface area contributed by atoms with Crippen LogP contribution in [0.5, 0.6) is 17.2 Å². The molecule has 27 heavy (non-hydrogen) atoms. The van der Waals surface area contributed by atoms with Crippen molar-refractivity contribution >= 4 is 34.7 Å². The standard InChI is InChI=1S/C18H19IN2O6/c1-26-15-6-11(5-12(8-22)13(15)9-23)18(25)21-20-7-10-3-14(19)17(24)16(4-10)27-2/h3-7,22-24H,8-9H2,1-2H3,(H,21,25). The van der Waals surface area contributed by atoms with Crippen LogP contribution in [0.1, 0.15) is 27.0 Å². The van der Waals surface area contributed by atoms with Gasteiger partial charge in [-0.05, 0) is 58.0 Å². The topological polar surface area (TPSA) is 121 Å². The number of benzene rings is 2. The molecule has 0 saturated heterocycles. The van der Waals surface area contributed by atoms with Crippen LogP contribution >= 0.6 is 22.6 Å². The monoisotopic (exact) mass is 486 g/mol. The molecule has 0 aliphatic carbocycles. The first-order valence-electron chi connectivity index (χ1n) is 7.76. The van der Waals surface area contributed by atoms with Gasteiger partial charge in [0.05, 0.1) is 37.2 Å². The highest BCUT2D eigenvalue weighted by Gasteiger charge is 2.14. The average Bonchev–Trinajstić information content (AvgIpc) is 2.68. The molecular weight excluding hydrogens is 467 g/mol. The summed E-state index contributed by atoms with van der Waals surface area (Å²) < 4.78 is 10.8. The molecule has 0 heterocycles. The van der Waals surface area contributed by atoms with Gasteiger partial charge >= 0.3 is 0 Å². The van der Waals surface area contributed by atoms with Crippen LogP contribution in [0.25, 0.3) is 0 Å². The number of nitrogens with one attached hydrogen (secondary N) is 1. The molecule has 0 aliphatic rings. The van der Waals surface area contributed by atoms with Crippen LogP contribution in [-0.2, 0) is 13.2 Å². The van der Waals surface area contributed by atoms with E-state index >= 15 is 0 Å². The van der Waals surface area contributed by atoms with E-state index in [2.05, 4.69) is 10.5 Å². The summed E-state index contributed by atoms with van der Waals surface area (Å²) in [6, 6.07) is 6.18. The van der Waals surface area contributed by atoms with Crippen molar-refractivity contribution in [2.75, 3.05) is 14.2 Å². The maximum Gasteiger partial charge on any atom is 0.271 e. The van der Waals surface area contributed by atoms with E-state index in [1.54, 1.807) is 12.1 Å². The van der Waals surface area contributed by atoms with E-state index in [4.69, 9.17) is 9.47 Å². The summed E-state index contributed by atoms with van der Waals surface area (Å²) in [5, 5.41) is 32.6. The molecule has 1 amide bonds. The number of aliphatic hydroxyl groups excluding tert-OH is 2. The van der Waals surface area contributed by atoms with Crippen molar-refractivity contribution in [2.45, 2.75) is 13.2 Å². The van der Waals surface area contributed by atoms with Crippen molar-refractivity contribution in [3.63, 3.8) is 0 Å². The minimum absolute atomic E-state index is 0.0342. The molecule has 0 bridgehead atoms. The van der Waals surface area contributed by atoms with Gasteiger partial charge in [0.15, 0.2) is 11.5 Å². The first kappa shape index (κ1) is 20.9. The Balaban J connectivity index is 2.21. The number of ether oxygens (including phenoxy) is 2. The van der Waals surface area contributed by atoms with Gasteiger partial charge in [0.1, 0.15) is 5.75 Å². The number of halogens is 1. The quantitative estimate of drug-likeness (QED) is 0.269. The van der Waals surface area contributed by atoms with Crippen molar-refractivity contribution in [1.82, 2.24) is 5.43 Å². The molecule has 0 radical (unpaired) electrons. The van der Waals surface area contributed by atoms with Gasteiger partial charge in [0.2, 0.25) is 0 Å². The molecule has 0 aromatic heterocycles. The van der Waals surface area contributed by atoms with Gasteiger partial charge in [-0.15, -0.1) is 0 Å². The Morgan fingerprint density at radius 2 is 1.85 bits per heavy atom. The molecule has 4 N–H and O–H groups in total. The number of hydrazone groups is 1. The predicted octanol–water partition coefficient (Wildman–Crippen LogP) is 1.76. The zero-order valence-electron chi connectivity index (χ0n) is 14.7. The van der Waals surface area contributed by atoms with Gasteiger partial charge in [-0.25, -0.2) is 5.43 Å². The van der Waals surface area contributed by atoms with Crippen LogP contribution < -0.4 is 14.9 Å². The van der Waals surface area contributed by atoms with Crippen LogP contribution in [0.4, 0.5) is 0 Å². The summed E-state index contributed by atoms with van der Waals surface area (Å²) in [5.74, 6) is 0.124. The van der Waals surface area contributed by atoms with Gasteiger partial charge in [-0.3, -0.25) is 4.79 Å². The Bertz CT molecular complexity index is 844. The Hall–Kier alpha value is -2.37. The Labute approximate surface area is 169 Å². The van der Waals surface area contributed by atoms with Gasteiger partial charge < -0.3 is 24.8 Å². The molecule has 0 unspecified atom stereocenters. The number of phenols is 1. The number of hydrogen-bond donors (Lipinski definition) is 4. The lowest BCUT2D eigenvalue weighted by atomic mass is 10.0. The zero-order chi connectivity index (χ0) is 20.0. The fraction of sp³-hybridized carbons (Fsp3) is 0.222. The van der Waals surface area contributed by atoms with Crippen molar-refractivity contribution in [1.29, 1.82) is 0 Å². The smallest absolute Gasteiger partial charge is 0.271 e. The Kier molecular flexibility index (Phi) is 7.39. The fourth-order valence-electron chi connectivity index (χ4n) is 2.39. The van der Waals surface area contributed by atoms with Crippen LogP contribution in [0.2, 0.25) is 0 Å².